The van der Waals surface area contributed by atoms with Crippen LogP contribution < -0.4 is 4.90 Å². The Labute approximate surface area is 122 Å². The number of hydrogen-bond acceptors (Lipinski definition) is 5. The minimum atomic E-state index is -0.864. The molecular formula is C13H19N3O3S. The van der Waals surface area contributed by atoms with Crippen LogP contribution in [0.5, 0.6) is 0 Å². The normalized spacial score (nSPS) is 14.6. The van der Waals surface area contributed by atoms with Crippen LogP contribution in [-0.4, -0.2) is 53.0 Å². The zero-order chi connectivity index (χ0) is 14.5. The van der Waals surface area contributed by atoms with Crippen molar-refractivity contribution in [1.29, 1.82) is 0 Å². The summed E-state index contributed by atoms with van der Waals surface area (Å²) in [6.45, 7) is 4.02. The van der Waals surface area contributed by atoms with E-state index in [4.69, 9.17) is 5.11 Å². The van der Waals surface area contributed by atoms with E-state index in [-0.39, 0.29) is 18.9 Å². The highest BCUT2D eigenvalue weighted by Gasteiger charge is 2.22. The third kappa shape index (κ3) is 3.93. The molecule has 1 fully saturated rings. The highest BCUT2D eigenvalue weighted by atomic mass is 32.1. The summed E-state index contributed by atoms with van der Waals surface area (Å²) < 4.78 is 0. The van der Waals surface area contributed by atoms with Gasteiger partial charge in [0.25, 0.3) is 0 Å². The number of hydrogen-bond donors (Lipinski definition) is 1. The van der Waals surface area contributed by atoms with Crippen LogP contribution in [0.3, 0.4) is 0 Å². The van der Waals surface area contributed by atoms with Crippen LogP contribution in [0, 0.1) is 6.92 Å². The summed E-state index contributed by atoms with van der Waals surface area (Å²) in [5.41, 5.74) is 0.888. The number of likely N-dealkylation sites (tertiary alicyclic amines) is 1. The summed E-state index contributed by atoms with van der Waals surface area (Å²) in [6.07, 6.45) is 2.11. The molecule has 0 atom stereocenters. The highest BCUT2D eigenvalue weighted by Crippen LogP contribution is 2.21. The minimum Gasteiger partial charge on any atom is -0.481 e. The maximum Gasteiger partial charge on any atom is 0.305 e. The molecule has 1 aromatic rings. The first-order valence-corrected chi connectivity index (χ1v) is 7.61. The standard InChI is InChI=1S/C13H19N3O3S/c1-10-9-20-13(14-10)16(7-4-12(18)19)8-11(17)15-5-2-3-6-15/h9H,2-8H2,1H3,(H,18,19). The van der Waals surface area contributed by atoms with Gasteiger partial charge in [-0.2, -0.15) is 0 Å². The van der Waals surface area contributed by atoms with Gasteiger partial charge in [0, 0.05) is 25.0 Å². The first kappa shape index (κ1) is 14.8. The van der Waals surface area contributed by atoms with E-state index in [1.54, 1.807) is 4.90 Å². The Kier molecular flexibility index (Phi) is 4.94. The van der Waals surface area contributed by atoms with Crippen molar-refractivity contribution in [2.45, 2.75) is 26.2 Å². The lowest BCUT2D eigenvalue weighted by molar-refractivity contribution is -0.137. The van der Waals surface area contributed by atoms with E-state index in [0.29, 0.717) is 6.54 Å². The summed E-state index contributed by atoms with van der Waals surface area (Å²) in [4.78, 5) is 30.9. The fraction of sp³-hybridized carbons (Fsp3) is 0.615. The van der Waals surface area contributed by atoms with Gasteiger partial charge in [0.15, 0.2) is 5.13 Å². The number of aromatic nitrogens is 1. The van der Waals surface area contributed by atoms with Crippen LogP contribution in [0.4, 0.5) is 5.13 Å². The molecule has 7 heteroatoms. The number of aryl methyl sites for hydroxylation is 1. The molecule has 0 aromatic carbocycles. The molecule has 1 amide bonds. The molecule has 20 heavy (non-hydrogen) atoms. The lowest BCUT2D eigenvalue weighted by Crippen LogP contribution is -2.39. The SMILES string of the molecule is Cc1csc(N(CCC(=O)O)CC(=O)N2CCCC2)n1. The number of amides is 1. The number of nitrogens with zero attached hydrogens (tertiary/aromatic N) is 3. The van der Waals surface area contributed by atoms with Crippen molar-refractivity contribution < 1.29 is 14.7 Å². The third-order valence-electron chi connectivity index (χ3n) is 3.26. The largest absolute Gasteiger partial charge is 0.481 e. The second-order valence-corrected chi connectivity index (χ2v) is 5.76. The third-order valence-corrected chi connectivity index (χ3v) is 4.28. The van der Waals surface area contributed by atoms with Gasteiger partial charge in [0.1, 0.15) is 0 Å². The van der Waals surface area contributed by atoms with E-state index >= 15 is 0 Å². The van der Waals surface area contributed by atoms with Crippen molar-refractivity contribution in [3.05, 3.63) is 11.1 Å². The van der Waals surface area contributed by atoms with E-state index in [1.807, 2.05) is 17.2 Å². The molecule has 1 saturated heterocycles. The lowest BCUT2D eigenvalue weighted by atomic mass is 10.3. The molecule has 2 rings (SSSR count). The van der Waals surface area contributed by atoms with Crippen molar-refractivity contribution >= 4 is 28.3 Å². The van der Waals surface area contributed by atoms with Gasteiger partial charge in [-0.15, -0.1) is 11.3 Å². The smallest absolute Gasteiger partial charge is 0.305 e. The van der Waals surface area contributed by atoms with Crippen LogP contribution in [0.2, 0.25) is 0 Å². The first-order valence-electron chi connectivity index (χ1n) is 6.73. The van der Waals surface area contributed by atoms with Gasteiger partial charge >= 0.3 is 5.97 Å². The quantitative estimate of drug-likeness (QED) is 0.858. The van der Waals surface area contributed by atoms with E-state index in [1.165, 1.54) is 11.3 Å². The van der Waals surface area contributed by atoms with Crippen molar-refractivity contribution in [3.63, 3.8) is 0 Å². The van der Waals surface area contributed by atoms with E-state index < -0.39 is 5.97 Å². The topological polar surface area (TPSA) is 73.7 Å². The monoisotopic (exact) mass is 297 g/mol. The maximum absolute atomic E-state index is 12.2. The fourth-order valence-corrected chi connectivity index (χ4v) is 3.02. The zero-order valence-electron chi connectivity index (χ0n) is 11.5. The van der Waals surface area contributed by atoms with Gasteiger partial charge in [-0.25, -0.2) is 4.98 Å². The van der Waals surface area contributed by atoms with Crippen molar-refractivity contribution in [3.8, 4) is 0 Å². The number of carbonyl (C=O) groups is 2. The van der Waals surface area contributed by atoms with Gasteiger partial charge in [0.2, 0.25) is 5.91 Å². The Morgan fingerprint density at radius 1 is 1.45 bits per heavy atom. The molecule has 0 saturated carbocycles. The fourth-order valence-electron chi connectivity index (χ4n) is 2.19. The highest BCUT2D eigenvalue weighted by molar-refractivity contribution is 7.13. The maximum atomic E-state index is 12.2. The van der Waals surface area contributed by atoms with Crippen LogP contribution >= 0.6 is 11.3 Å². The van der Waals surface area contributed by atoms with Gasteiger partial charge < -0.3 is 14.9 Å². The lowest BCUT2D eigenvalue weighted by Gasteiger charge is -2.24. The first-order chi connectivity index (χ1) is 9.56. The number of carbonyl (C=O) groups excluding carboxylic acids is 1. The summed E-state index contributed by atoms with van der Waals surface area (Å²) in [5.74, 6) is -0.808. The molecule has 1 aliphatic heterocycles. The van der Waals surface area contributed by atoms with Gasteiger partial charge in [-0.1, -0.05) is 0 Å². The van der Waals surface area contributed by atoms with Crippen molar-refractivity contribution in [2.75, 3.05) is 31.1 Å². The molecule has 0 bridgehead atoms. The van der Waals surface area contributed by atoms with Gasteiger partial charge in [-0.05, 0) is 19.8 Å². The molecule has 0 radical (unpaired) electrons. The summed E-state index contributed by atoms with van der Waals surface area (Å²) >= 11 is 1.44. The van der Waals surface area contributed by atoms with Crippen LogP contribution in [0.15, 0.2) is 5.38 Å². The van der Waals surface area contributed by atoms with Gasteiger partial charge in [0.05, 0.1) is 18.7 Å². The molecule has 2 heterocycles. The van der Waals surface area contributed by atoms with Gasteiger partial charge in [-0.3, -0.25) is 9.59 Å². The summed E-state index contributed by atoms with van der Waals surface area (Å²) in [5, 5.41) is 11.4. The van der Waals surface area contributed by atoms with Crippen LogP contribution in [0.25, 0.3) is 0 Å². The van der Waals surface area contributed by atoms with Crippen molar-refractivity contribution in [2.24, 2.45) is 0 Å². The zero-order valence-corrected chi connectivity index (χ0v) is 12.4. The Balaban J connectivity index is 2.01. The van der Waals surface area contributed by atoms with E-state index in [2.05, 4.69) is 4.98 Å². The second-order valence-electron chi connectivity index (χ2n) is 4.92. The second kappa shape index (κ2) is 6.69. The number of rotatable bonds is 6. The number of aliphatic carboxylic acids is 1. The molecule has 0 aliphatic carbocycles. The number of anilines is 1. The number of carboxylic acid groups (broad SMARTS) is 1. The average Bonchev–Trinajstić information content (AvgIpc) is 3.04. The Bertz CT molecular complexity index is 483. The molecule has 1 aliphatic rings. The molecule has 0 unspecified atom stereocenters. The molecule has 0 spiro atoms. The molecule has 1 aromatic heterocycles. The van der Waals surface area contributed by atoms with E-state index in [9.17, 15) is 9.59 Å². The molecular weight excluding hydrogens is 278 g/mol. The predicted molar refractivity (Wildman–Crippen MR) is 77.1 cm³/mol. The van der Waals surface area contributed by atoms with Crippen LogP contribution in [-0.2, 0) is 9.59 Å². The van der Waals surface area contributed by atoms with Crippen LogP contribution in [0.1, 0.15) is 25.0 Å². The van der Waals surface area contributed by atoms with E-state index in [0.717, 1.165) is 36.8 Å². The predicted octanol–water partition coefficient (Wildman–Crippen LogP) is 1.36. The average molecular weight is 297 g/mol. The molecule has 110 valence electrons. The minimum absolute atomic E-state index is 0.00586. The molecule has 6 nitrogen and oxygen atoms in total. The molecule has 1 N–H and O–H groups in total. The number of carboxylic acids is 1. The summed E-state index contributed by atoms with van der Waals surface area (Å²) in [7, 11) is 0. The Morgan fingerprint density at radius 3 is 2.70 bits per heavy atom. The Morgan fingerprint density at radius 2 is 2.15 bits per heavy atom. The Hall–Kier alpha value is -1.63. The number of thiazole rings is 1. The summed E-state index contributed by atoms with van der Waals surface area (Å²) in [6, 6.07) is 0. The van der Waals surface area contributed by atoms with Crippen molar-refractivity contribution in [1.82, 2.24) is 9.88 Å².